The Labute approximate surface area is 232 Å². The number of benzene rings is 2. The number of ether oxygens (including phenoxy) is 1. The third-order valence-electron chi connectivity index (χ3n) is 5.94. The van der Waals surface area contributed by atoms with E-state index in [0.29, 0.717) is 12.3 Å². The van der Waals surface area contributed by atoms with E-state index in [1.54, 1.807) is 18.3 Å². The molecule has 0 aliphatic carbocycles. The molecule has 0 saturated carbocycles. The summed E-state index contributed by atoms with van der Waals surface area (Å²) in [5.41, 5.74) is 10.1. The van der Waals surface area contributed by atoms with Gasteiger partial charge in [0.15, 0.2) is 0 Å². The zero-order chi connectivity index (χ0) is 29.0. The van der Waals surface area contributed by atoms with Gasteiger partial charge < -0.3 is 31.5 Å². The number of aromatic nitrogens is 1. The number of nitrogens with one attached hydrogen (secondary N) is 3. The summed E-state index contributed by atoms with van der Waals surface area (Å²) in [5.74, 6) is 1.06. The van der Waals surface area contributed by atoms with Crippen LogP contribution in [0.5, 0.6) is 11.6 Å². The molecule has 4 rings (SSSR count). The fraction of sp³-hybridized carbons (Fsp3) is 0.355. The van der Waals surface area contributed by atoms with Gasteiger partial charge >= 0.3 is 0 Å². The molecule has 39 heavy (non-hydrogen) atoms. The third kappa shape index (κ3) is 9.74. The summed E-state index contributed by atoms with van der Waals surface area (Å²) >= 11 is 0. The van der Waals surface area contributed by atoms with Crippen molar-refractivity contribution in [1.82, 2.24) is 10.3 Å². The van der Waals surface area contributed by atoms with Gasteiger partial charge in [-0.25, -0.2) is 4.98 Å². The van der Waals surface area contributed by atoms with Crippen LogP contribution < -0.4 is 26.4 Å². The number of hydrogen-bond donors (Lipinski definition) is 5. The standard InChI is InChI=1S/C20H27N3O3.C9H10N2.C2H6/c1-4-15(24)13-23-20(2,3)12-14-7-9-16(10-8-14)26-19-17(18(21)25)6-5-11-22-19;1-6-4-3-5-8-9(6)11-7(2)10-8;1-2/h5-11,15,23-24H,4,12-13H2,1-3H3,(H2,21,25);3-5,10-11H,2H2,1H3;1-2H3. The number of pyridine rings is 1. The molecule has 210 valence electrons. The SMILES string of the molecule is C=C1Nc2cccc(C)c2N1.CC.CCC(O)CNC(C)(C)Cc1ccc(Oc2ncccc2C(N)=O)cc1. The fourth-order valence-electron chi connectivity index (χ4n) is 3.84. The van der Waals surface area contributed by atoms with E-state index in [1.807, 2.05) is 57.2 Å². The van der Waals surface area contributed by atoms with E-state index in [0.717, 1.165) is 35.6 Å². The van der Waals surface area contributed by atoms with Gasteiger partial charge in [-0.15, -0.1) is 0 Å². The van der Waals surface area contributed by atoms with Crippen molar-refractivity contribution in [3.63, 3.8) is 0 Å². The van der Waals surface area contributed by atoms with Crippen LogP contribution in [0.1, 0.15) is 62.5 Å². The molecular formula is C31H43N5O3. The number of hydrogen-bond acceptors (Lipinski definition) is 7. The van der Waals surface area contributed by atoms with Crippen molar-refractivity contribution < 1.29 is 14.6 Å². The number of nitrogens with two attached hydrogens (primary N) is 1. The number of aryl methyl sites for hydroxylation is 1. The third-order valence-corrected chi connectivity index (χ3v) is 5.94. The Morgan fingerprint density at radius 2 is 1.82 bits per heavy atom. The largest absolute Gasteiger partial charge is 0.438 e. The van der Waals surface area contributed by atoms with E-state index in [-0.39, 0.29) is 23.1 Å². The molecule has 6 N–H and O–H groups in total. The highest BCUT2D eigenvalue weighted by atomic mass is 16.5. The number of para-hydroxylation sites is 1. The zero-order valence-electron chi connectivity index (χ0n) is 24.0. The van der Waals surface area contributed by atoms with Gasteiger partial charge in [0.2, 0.25) is 5.88 Å². The summed E-state index contributed by atoms with van der Waals surface area (Å²) in [6.45, 7) is 16.6. The second-order valence-corrected chi connectivity index (χ2v) is 9.70. The minimum Gasteiger partial charge on any atom is -0.438 e. The predicted molar refractivity (Wildman–Crippen MR) is 160 cm³/mol. The molecule has 0 bridgehead atoms. The number of rotatable bonds is 9. The van der Waals surface area contributed by atoms with Gasteiger partial charge in [0.05, 0.1) is 17.5 Å². The minimum absolute atomic E-state index is 0.140. The lowest BCUT2D eigenvalue weighted by molar-refractivity contribution is 0.0997. The maximum atomic E-state index is 11.4. The maximum absolute atomic E-state index is 11.4. The van der Waals surface area contributed by atoms with Gasteiger partial charge in [-0.3, -0.25) is 4.79 Å². The van der Waals surface area contributed by atoms with Crippen LogP contribution in [0.2, 0.25) is 0 Å². The van der Waals surface area contributed by atoms with Crippen LogP contribution in [0.3, 0.4) is 0 Å². The number of fused-ring (bicyclic) bond motifs is 1. The number of anilines is 2. The zero-order valence-corrected chi connectivity index (χ0v) is 24.0. The van der Waals surface area contributed by atoms with E-state index in [4.69, 9.17) is 10.5 Å². The Hall–Kier alpha value is -3.88. The van der Waals surface area contributed by atoms with Crippen molar-refractivity contribution in [2.24, 2.45) is 5.73 Å². The van der Waals surface area contributed by atoms with Crippen molar-refractivity contribution >= 4 is 17.3 Å². The van der Waals surface area contributed by atoms with Gasteiger partial charge in [0.1, 0.15) is 17.1 Å². The molecule has 8 heteroatoms. The van der Waals surface area contributed by atoms with Crippen molar-refractivity contribution in [2.45, 2.75) is 66.0 Å². The molecule has 1 unspecified atom stereocenters. The predicted octanol–water partition coefficient (Wildman–Crippen LogP) is 5.98. The monoisotopic (exact) mass is 533 g/mol. The number of β-amino-alcohol motifs (C(OH)–C–C–N with tert-alkyl or cyclic N) is 1. The Morgan fingerprint density at radius 3 is 2.44 bits per heavy atom. The first-order valence-corrected chi connectivity index (χ1v) is 13.3. The van der Waals surface area contributed by atoms with Crippen LogP contribution in [0.15, 0.2) is 73.2 Å². The number of aliphatic hydroxyl groups is 1. The van der Waals surface area contributed by atoms with Crippen LogP contribution in [-0.4, -0.2) is 34.2 Å². The molecule has 0 saturated heterocycles. The number of primary amides is 1. The summed E-state index contributed by atoms with van der Waals surface area (Å²) in [6.07, 6.45) is 2.76. The molecule has 1 aliphatic heterocycles. The molecule has 3 aromatic rings. The molecule has 0 radical (unpaired) electrons. The molecule has 1 aliphatic rings. The normalized spacial score (nSPS) is 12.4. The summed E-state index contributed by atoms with van der Waals surface area (Å²) in [5, 5.41) is 19.4. The van der Waals surface area contributed by atoms with Crippen LogP contribution in [-0.2, 0) is 6.42 Å². The lowest BCUT2D eigenvalue weighted by Gasteiger charge is -2.28. The first-order chi connectivity index (χ1) is 18.6. The summed E-state index contributed by atoms with van der Waals surface area (Å²) < 4.78 is 5.69. The molecule has 0 fully saturated rings. The van der Waals surface area contributed by atoms with E-state index < -0.39 is 5.91 Å². The topological polar surface area (TPSA) is 122 Å². The molecule has 0 spiro atoms. The van der Waals surface area contributed by atoms with Crippen molar-refractivity contribution in [1.29, 1.82) is 0 Å². The van der Waals surface area contributed by atoms with Crippen molar-refractivity contribution in [3.8, 4) is 11.6 Å². The number of carbonyl (C=O) groups excluding carboxylic acids is 1. The lowest BCUT2D eigenvalue weighted by atomic mass is 9.94. The lowest BCUT2D eigenvalue weighted by Crippen LogP contribution is -2.44. The Bertz CT molecular complexity index is 1230. The molecule has 1 amide bonds. The molecule has 8 nitrogen and oxygen atoms in total. The van der Waals surface area contributed by atoms with Crippen LogP contribution in [0, 0.1) is 6.92 Å². The van der Waals surface area contributed by atoms with E-state index in [9.17, 15) is 9.90 Å². The second-order valence-electron chi connectivity index (χ2n) is 9.70. The van der Waals surface area contributed by atoms with E-state index >= 15 is 0 Å². The van der Waals surface area contributed by atoms with Crippen LogP contribution >= 0.6 is 0 Å². The molecule has 1 atom stereocenters. The Balaban J connectivity index is 0.000000338. The van der Waals surface area contributed by atoms with E-state index in [1.165, 1.54) is 5.56 Å². The van der Waals surface area contributed by atoms with Gasteiger partial charge in [-0.05, 0) is 75.1 Å². The number of amides is 1. The Morgan fingerprint density at radius 1 is 1.13 bits per heavy atom. The maximum Gasteiger partial charge on any atom is 0.254 e. The van der Waals surface area contributed by atoms with Crippen molar-refractivity contribution in [3.05, 3.63) is 89.9 Å². The molecule has 1 aromatic heterocycles. The number of nitrogens with zero attached hydrogens (tertiary/aromatic N) is 1. The molecule has 2 heterocycles. The van der Waals surface area contributed by atoms with Crippen LogP contribution in [0.4, 0.5) is 11.4 Å². The fourth-order valence-corrected chi connectivity index (χ4v) is 3.84. The van der Waals surface area contributed by atoms with Gasteiger partial charge in [-0.1, -0.05) is 51.6 Å². The second kappa shape index (κ2) is 14.9. The van der Waals surface area contributed by atoms with Gasteiger partial charge in [0.25, 0.3) is 5.91 Å². The highest BCUT2D eigenvalue weighted by Gasteiger charge is 2.19. The quantitative estimate of drug-likeness (QED) is 0.229. The summed E-state index contributed by atoms with van der Waals surface area (Å²) in [6, 6.07) is 17.0. The minimum atomic E-state index is -0.577. The first kappa shape index (κ1) is 31.3. The van der Waals surface area contributed by atoms with Crippen molar-refractivity contribution in [2.75, 3.05) is 17.2 Å². The van der Waals surface area contributed by atoms with Crippen LogP contribution in [0.25, 0.3) is 0 Å². The summed E-state index contributed by atoms with van der Waals surface area (Å²) in [7, 11) is 0. The highest BCUT2D eigenvalue weighted by Crippen LogP contribution is 2.32. The Kier molecular flexibility index (Phi) is 12.0. The number of carbonyl (C=O) groups is 1. The average molecular weight is 534 g/mol. The summed E-state index contributed by atoms with van der Waals surface area (Å²) in [4.78, 5) is 15.5. The van der Waals surface area contributed by atoms with Gasteiger partial charge in [-0.2, -0.15) is 0 Å². The average Bonchev–Trinajstić information content (AvgIpc) is 3.32. The molecule has 2 aromatic carbocycles. The smallest absolute Gasteiger partial charge is 0.254 e. The first-order valence-electron chi connectivity index (χ1n) is 13.3. The highest BCUT2D eigenvalue weighted by molar-refractivity contribution is 5.95. The van der Waals surface area contributed by atoms with Gasteiger partial charge in [0, 0.05) is 18.3 Å². The van der Waals surface area contributed by atoms with E-state index in [2.05, 4.69) is 54.4 Å². The molecular weight excluding hydrogens is 490 g/mol. The number of aliphatic hydroxyl groups excluding tert-OH is 1.